The molecule has 0 unspecified atom stereocenters. The summed E-state index contributed by atoms with van der Waals surface area (Å²) in [6, 6.07) is 5.57. The molecule has 2 fully saturated rings. The Labute approximate surface area is 162 Å². The van der Waals surface area contributed by atoms with E-state index < -0.39 is 15.8 Å². The Kier molecular flexibility index (Phi) is 5.62. The molecule has 2 saturated heterocycles. The Hall–Kier alpha value is -1.87. The fourth-order valence-electron chi connectivity index (χ4n) is 3.40. The van der Waals surface area contributed by atoms with Crippen LogP contribution in [0.4, 0.5) is 5.69 Å². The van der Waals surface area contributed by atoms with Crippen LogP contribution in [0.5, 0.6) is 0 Å². The molecule has 0 bridgehead atoms. The molecule has 2 atom stereocenters. The van der Waals surface area contributed by atoms with Gasteiger partial charge >= 0.3 is 5.97 Å². The van der Waals surface area contributed by atoms with Gasteiger partial charge in [0.15, 0.2) is 15.0 Å². The number of benzene rings is 1. The Morgan fingerprint density at radius 2 is 2.00 bits per heavy atom. The van der Waals surface area contributed by atoms with Gasteiger partial charge in [0.05, 0.1) is 17.5 Å². The number of aryl methyl sites for hydroxylation is 1. The van der Waals surface area contributed by atoms with Crippen LogP contribution in [0.3, 0.4) is 0 Å². The van der Waals surface area contributed by atoms with Crippen molar-refractivity contribution >= 4 is 44.3 Å². The van der Waals surface area contributed by atoms with Crippen LogP contribution in [0.1, 0.15) is 30.4 Å². The average molecular weight is 411 g/mol. The zero-order valence-electron chi connectivity index (χ0n) is 15.2. The summed E-state index contributed by atoms with van der Waals surface area (Å²) in [5.74, 6) is -1.19. The monoisotopic (exact) mass is 410 g/mol. The molecule has 1 N–H and O–H groups in total. The lowest BCUT2D eigenvalue weighted by molar-refractivity contribution is -0.137. The van der Waals surface area contributed by atoms with Gasteiger partial charge in [-0.1, -0.05) is 23.9 Å². The molecule has 2 aliphatic rings. The van der Waals surface area contributed by atoms with E-state index in [9.17, 15) is 18.0 Å². The second-order valence-electron chi connectivity index (χ2n) is 6.93. The molecule has 2 aliphatic heterocycles. The second kappa shape index (κ2) is 7.63. The van der Waals surface area contributed by atoms with Gasteiger partial charge in [-0.3, -0.25) is 9.59 Å². The number of hydrogen-bond donors (Lipinski definition) is 1. The number of aliphatic imine (C=N–C) groups is 1. The van der Waals surface area contributed by atoms with Crippen LogP contribution in [0.25, 0.3) is 0 Å². The predicted octanol–water partition coefficient (Wildman–Crippen LogP) is 2.16. The number of carboxylic acid groups (broad SMARTS) is 1. The van der Waals surface area contributed by atoms with Gasteiger partial charge in [-0.25, -0.2) is 8.42 Å². The summed E-state index contributed by atoms with van der Waals surface area (Å²) < 4.78 is 24.2. The van der Waals surface area contributed by atoms with Crippen molar-refractivity contribution in [3.05, 3.63) is 29.3 Å². The number of sulfone groups is 1. The second-order valence-corrected chi connectivity index (χ2v) is 10.3. The molecule has 2 heterocycles. The Morgan fingerprint density at radius 3 is 2.70 bits per heavy atom. The number of amides is 1. The van der Waals surface area contributed by atoms with E-state index >= 15 is 0 Å². The highest BCUT2D eigenvalue weighted by molar-refractivity contribution is 8.16. The molecular formula is C18H22N2O5S2. The first-order valence-electron chi connectivity index (χ1n) is 8.74. The summed E-state index contributed by atoms with van der Waals surface area (Å²) >= 11 is 1.33. The van der Waals surface area contributed by atoms with Crippen molar-refractivity contribution in [2.24, 2.45) is 4.99 Å². The Balaban J connectivity index is 1.91. The van der Waals surface area contributed by atoms with E-state index in [0.29, 0.717) is 5.17 Å². The number of amidine groups is 1. The van der Waals surface area contributed by atoms with E-state index in [1.807, 2.05) is 36.9 Å². The number of carboxylic acids is 1. The number of fused-ring (bicyclic) bond motifs is 1. The lowest BCUT2D eigenvalue weighted by atomic mass is 10.1. The summed E-state index contributed by atoms with van der Waals surface area (Å²) in [5.41, 5.74) is 2.96. The van der Waals surface area contributed by atoms with E-state index in [4.69, 9.17) is 5.11 Å². The zero-order valence-corrected chi connectivity index (χ0v) is 16.8. The van der Waals surface area contributed by atoms with Gasteiger partial charge in [0, 0.05) is 23.8 Å². The molecule has 7 nitrogen and oxygen atoms in total. The minimum Gasteiger partial charge on any atom is -0.481 e. The minimum atomic E-state index is -3.11. The Morgan fingerprint density at radius 1 is 1.26 bits per heavy atom. The molecule has 146 valence electrons. The average Bonchev–Trinajstić information content (AvgIpc) is 3.01. The SMILES string of the molecule is Cc1cccc(N2C(=NC(=O)CCCC(=O)O)S[C@H]3CS(=O)(=O)C[C@@H]32)c1C. The van der Waals surface area contributed by atoms with Crippen LogP contribution in [-0.2, 0) is 19.4 Å². The van der Waals surface area contributed by atoms with Gasteiger partial charge in [-0.15, -0.1) is 0 Å². The van der Waals surface area contributed by atoms with Gasteiger partial charge in [-0.05, 0) is 37.5 Å². The van der Waals surface area contributed by atoms with Gasteiger partial charge < -0.3 is 10.0 Å². The van der Waals surface area contributed by atoms with Crippen molar-refractivity contribution in [1.82, 2.24) is 0 Å². The first kappa shape index (κ1) is 19.9. The highest BCUT2D eigenvalue weighted by atomic mass is 32.2. The standard InChI is InChI=1S/C18H22N2O5S2/c1-11-5-3-6-13(12(11)2)20-14-9-27(24,25)10-15(14)26-18(20)19-16(21)7-4-8-17(22)23/h3,5-6,14-15H,4,7-10H2,1-2H3,(H,22,23)/t14-,15-/m0/s1. The zero-order chi connectivity index (χ0) is 19.8. The summed E-state index contributed by atoms with van der Waals surface area (Å²) in [6.07, 6.45) is 0.221. The normalized spacial score (nSPS) is 25.0. The molecule has 0 aliphatic carbocycles. The molecule has 0 spiro atoms. The topological polar surface area (TPSA) is 104 Å². The van der Waals surface area contributed by atoms with Crippen molar-refractivity contribution in [3.63, 3.8) is 0 Å². The van der Waals surface area contributed by atoms with Crippen molar-refractivity contribution in [1.29, 1.82) is 0 Å². The highest BCUT2D eigenvalue weighted by Gasteiger charge is 2.49. The lowest BCUT2D eigenvalue weighted by Crippen LogP contribution is -2.38. The van der Waals surface area contributed by atoms with Crippen LogP contribution in [0.15, 0.2) is 23.2 Å². The molecule has 1 aromatic carbocycles. The van der Waals surface area contributed by atoms with Crippen molar-refractivity contribution < 1.29 is 23.1 Å². The van der Waals surface area contributed by atoms with Crippen molar-refractivity contribution in [3.8, 4) is 0 Å². The molecule has 0 aromatic heterocycles. The molecule has 0 saturated carbocycles. The van der Waals surface area contributed by atoms with E-state index in [0.717, 1.165) is 16.8 Å². The number of carbonyl (C=O) groups is 2. The molecule has 1 aromatic rings. The van der Waals surface area contributed by atoms with Gasteiger partial charge in [0.2, 0.25) is 5.91 Å². The smallest absolute Gasteiger partial charge is 0.303 e. The predicted molar refractivity (Wildman–Crippen MR) is 106 cm³/mol. The lowest BCUT2D eigenvalue weighted by Gasteiger charge is -2.26. The van der Waals surface area contributed by atoms with Crippen LogP contribution in [0, 0.1) is 13.8 Å². The largest absolute Gasteiger partial charge is 0.481 e. The summed E-state index contributed by atoms with van der Waals surface area (Å²) in [4.78, 5) is 28.9. The number of anilines is 1. The molecule has 1 amide bonds. The van der Waals surface area contributed by atoms with Crippen LogP contribution < -0.4 is 4.90 Å². The molecule has 0 radical (unpaired) electrons. The van der Waals surface area contributed by atoms with Gasteiger partial charge in [0.1, 0.15) is 0 Å². The molecular weight excluding hydrogens is 388 g/mol. The van der Waals surface area contributed by atoms with E-state index in [-0.39, 0.29) is 48.0 Å². The fourth-order valence-corrected chi connectivity index (χ4v) is 7.32. The molecule has 9 heteroatoms. The number of nitrogens with zero attached hydrogens (tertiary/aromatic N) is 2. The van der Waals surface area contributed by atoms with E-state index in [1.54, 1.807) is 0 Å². The third-order valence-corrected chi connectivity index (χ3v) is 8.11. The minimum absolute atomic E-state index is 0.0459. The number of thioether (sulfide) groups is 1. The fraction of sp³-hybridized carbons (Fsp3) is 0.500. The Bertz CT molecular complexity index is 910. The molecule has 27 heavy (non-hydrogen) atoms. The maximum atomic E-state index is 12.2. The summed E-state index contributed by atoms with van der Waals surface area (Å²) in [7, 11) is -3.11. The van der Waals surface area contributed by atoms with Gasteiger partial charge in [0.25, 0.3) is 0 Å². The van der Waals surface area contributed by atoms with Gasteiger partial charge in [-0.2, -0.15) is 4.99 Å². The first-order valence-corrected chi connectivity index (χ1v) is 11.4. The number of aliphatic carboxylic acids is 1. The maximum absolute atomic E-state index is 12.2. The van der Waals surface area contributed by atoms with Crippen molar-refractivity contribution in [2.75, 3.05) is 16.4 Å². The summed E-state index contributed by atoms with van der Waals surface area (Å²) in [5, 5.41) is 9.06. The summed E-state index contributed by atoms with van der Waals surface area (Å²) in [6.45, 7) is 3.96. The maximum Gasteiger partial charge on any atom is 0.303 e. The third-order valence-electron chi connectivity index (χ3n) is 4.90. The quantitative estimate of drug-likeness (QED) is 0.793. The molecule has 3 rings (SSSR count). The number of rotatable bonds is 5. The van der Waals surface area contributed by atoms with Crippen LogP contribution >= 0.6 is 11.8 Å². The van der Waals surface area contributed by atoms with E-state index in [1.165, 1.54) is 11.8 Å². The highest BCUT2D eigenvalue weighted by Crippen LogP contribution is 2.42. The first-order chi connectivity index (χ1) is 12.7. The number of carbonyl (C=O) groups excluding carboxylic acids is 1. The third kappa shape index (κ3) is 4.35. The van der Waals surface area contributed by atoms with Crippen LogP contribution in [0.2, 0.25) is 0 Å². The van der Waals surface area contributed by atoms with Crippen LogP contribution in [-0.4, -0.2) is 53.4 Å². The van der Waals surface area contributed by atoms with Crippen molar-refractivity contribution in [2.45, 2.75) is 44.4 Å². The number of hydrogen-bond acceptors (Lipinski definition) is 5. The van der Waals surface area contributed by atoms with E-state index in [2.05, 4.69) is 4.99 Å².